The number of rotatable bonds is 7. The summed E-state index contributed by atoms with van der Waals surface area (Å²) in [5.74, 6) is -0.562. The third kappa shape index (κ3) is 4.43. The summed E-state index contributed by atoms with van der Waals surface area (Å²) in [6, 6.07) is 7.40. The van der Waals surface area contributed by atoms with Gasteiger partial charge in [-0.05, 0) is 70.2 Å². The van der Waals surface area contributed by atoms with Crippen LogP contribution in [-0.4, -0.2) is 38.5 Å². The van der Waals surface area contributed by atoms with E-state index in [1.807, 2.05) is 49.3 Å². The number of aromatic nitrogens is 1. The molecule has 176 valence electrons. The van der Waals surface area contributed by atoms with Gasteiger partial charge in [-0.25, -0.2) is 4.79 Å². The zero-order valence-corrected chi connectivity index (χ0v) is 20.0. The molecule has 6 nitrogen and oxygen atoms in total. The summed E-state index contributed by atoms with van der Waals surface area (Å²) in [6.07, 6.45) is 9.19. The average molecular weight is 451 g/mol. The lowest BCUT2D eigenvalue weighted by atomic mass is 9.82. The number of carboxylic acids is 1. The molecule has 0 saturated heterocycles. The van der Waals surface area contributed by atoms with E-state index in [4.69, 9.17) is 4.42 Å². The Hall–Kier alpha value is -3.02. The van der Waals surface area contributed by atoms with Crippen LogP contribution in [0, 0.1) is 0 Å². The lowest BCUT2D eigenvalue weighted by Gasteiger charge is -2.31. The predicted octanol–water partition coefficient (Wildman–Crippen LogP) is 6.29. The van der Waals surface area contributed by atoms with E-state index < -0.39 is 5.97 Å². The number of benzene rings is 1. The number of carbonyl (C=O) groups is 2. The molecule has 0 unspecified atom stereocenters. The second-order valence-corrected chi connectivity index (χ2v) is 9.72. The van der Waals surface area contributed by atoms with Crippen LogP contribution in [0.3, 0.4) is 0 Å². The fourth-order valence-corrected chi connectivity index (χ4v) is 5.58. The van der Waals surface area contributed by atoms with Gasteiger partial charge in [0.1, 0.15) is 6.54 Å². The standard InChI is InChI=1S/C27H34N2O4/c1-17(2)29(18(3)4)24(30)15-28-23-14-20(27(31)32)10-11-22(23)25(19-8-6-5-7-9-19)26(28)21-12-13-33-16-21/h10-14,16-19H,5-9,15H2,1-4H3,(H,31,32). The van der Waals surface area contributed by atoms with Crippen LogP contribution in [0.5, 0.6) is 0 Å². The Morgan fingerprint density at radius 2 is 1.79 bits per heavy atom. The van der Waals surface area contributed by atoms with Crippen molar-refractivity contribution < 1.29 is 19.1 Å². The molecule has 1 amide bonds. The summed E-state index contributed by atoms with van der Waals surface area (Å²) in [7, 11) is 0. The monoisotopic (exact) mass is 450 g/mol. The lowest BCUT2D eigenvalue weighted by Crippen LogP contribution is -2.43. The van der Waals surface area contributed by atoms with Crippen molar-refractivity contribution in [3.05, 3.63) is 47.9 Å². The molecule has 1 N–H and O–H groups in total. The maximum Gasteiger partial charge on any atom is 0.335 e. The van der Waals surface area contributed by atoms with Gasteiger partial charge in [-0.15, -0.1) is 0 Å². The molecule has 1 aromatic carbocycles. The molecule has 2 heterocycles. The van der Waals surface area contributed by atoms with Gasteiger partial charge >= 0.3 is 5.97 Å². The Morgan fingerprint density at radius 1 is 1.09 bits per heavy atom. The van der Waals surface area contributed by atoms with Gasteiger partial charge in [0.05, 0.1) is 29.3 Å². The number of furan rings is 1. The summed E-state index contributed by atoms with van der Waals surface area (Å²) < 4.78 is 7.47. The molecule has 4 rings (SSSR count). The van der Waals surface area contributed by atoms with Crippen molar-refractivity contribution in [1.29, 1.82) is 0 Å². The van der Waals surface area contributed by atoms with E-state index in [2.05, 4.69) is 0 Å². The molecule has 33 heavy (non-hydrogen) atoms. The fourth-order valence-electron chi connectivity index (χ4n) is 5.58. The summed E-state index contributed by atoms with van der Waals surface area (Å²) in [6.45, 7) is 8.26. The van der Waals surface area contributed by atoms with Crippen molar-refractivity contribution in [2.75, 3.05) is 0 Å². The minimum absolute atomic E-state index is 0.0255. The number of hydrogen-bond acceptors (Lipinski definition) is 3. The van der Waals surface area contributed by atoms with Crippen molar-refractivity contribution in [1.82, 2.24) is 9.47 Å². The Morgan fingerprint density at radius 3 is 2.36 bits per heavy atom. The third-order valence-corrected chi connectivity index (χ3v) is 6.85. The Bertz CT molecular complexity index is 1130. The molecule has 1 aliphatic rings. The van der Waals surface area contributed by atoms with E-state index in [0.29, 0.717) is 5.92 Å². The highest BCUT2D eigenvalue weighted by molar-refractivity contribution is 5.99. The molecule has 2 aromatic heterocycles. The largest absolute Gasteiger partial charge is 0.478 e. The third-order valence-electron chi connectivity index (χ3n) is 6.85. The van der Waals surface area contributed by atoms with Crippen LogP contribution in [0.2, 0.25) is 0 Å². The van der Waals surface area contributed by atoms with Crippen molar-refractivity contribution in [2.45, 2.75) is 84.3 Å². The quantitative estimate of drug-likeness (QED) is 0.459. The molecule has 1 saturated carbocycles. The zero-order valence-electron chi connectivity index (χ0n) is 20.0. The van der Waals surface area contributed by atoms with Gasteiger partial charge in [-0.3, -0.25) is 4.79 Å². The van der Waals surface area contributed by atoms with E-state index in [1.54, 1.807) is 24.7 Å². The van der Waals surface area contributed by atoms with E-state index in [9.17, 15) is 14.7 Å². The molecule has 6 heteroatoms. The van der Waals surface area contributed by atoms with Gasteiger partial charge in [-0.2, -0.15) is 0 Å². The molecule has 3 aromatic rings. The van der Waals surface area contributed by atoms with Crippen molar-refractivity contribution in [2.24, 2.45) is 0 Å². The Balaban J connectivity index is 1.96. The van der Waals surface area contributed by atoms with E-state index in [0.717, 1.165) is 35.0 Å². The number of amides is 1. The molecular formula is C27H34N2O4. The first-order chi connectivity index (χ1) is 15.8. The van der Waals surface area contributed by atoms with Gasteiger partial charge < -0.3 is 19.0 Å². The molecule has 1 fully saturated rings. The van der Waals surface area contributed by atoms with E-state index in [1.165, 1.54) is 24.8 Å². The van der Waals surface area contributed by atoms with Gasteiger partial charge in [0.2, 0.25) is 5.91 Å². The summed E-state index contributed by atoms with van der Waals surface area (Å²) in [5, 5.41) is 10.7. The lowest BCUT2D eigenvalue weighted by molar-refractivity contribution is -0.135. The van der Waals surface area contributed by atoms with Crippen LogP contribution in [-0.2, 0) is 11.3 Å². The molecule has 0 bridgehead atoms. The van der Waals surface area contributed by atoms with Crippen LogP contribution >= 0.6 is 0 Å². The minimum Gasteiger partial charge on any atom is -0.478 e. The minimum atomic E-state index is -0.967. The van der Waals surface area contributed by atoms with Crippen molar-refractivity contribution in [3.63, 3.8) is 0 Å². The molecule has 0 atom stereocenters. The Labute approximate surface area is 195 Å². The van der Waals surface area contributed by atoms with Crippen molar-refractivity contribution in [3.8, 4) is 11.3 Å². The molecule has 0 spiro atoms. The van der Waals surface area contributed by atoms with E-state index in [-0.39, 0.29) is 30.1 Å². The number of carbonyl (C=O) groups excluding carboxylic acids is 1. The van der Waals surface area contributed by atoms with Crippen molar-refractivity contribution >= 4 is 22.8 Å². The second-order valence-electron chi connectivity index (χ2n) is 9.72. The first-order valence-electron chi connectivity index (χ1n) is 12.0. The normalized spacial score (nSPS) is 15.0. The molecule has 0 radical (unpaired) electrons. The van der Waals surface area contributed by atoms with Crippen LogP contribution < -0.4 is 0 Å². The topological polar surface area (TPSA) is 75.7 Å². The highest BCUT2D eigenvalue weighted by Gasteiger charge is 2.29. The number of hydrogen-bond donors (Lipinski definition) is 1. The van der Waals surface area contributed by atoms with Gasteiger partial charge in [-0.1, -0.05) is 25.3 Å². The summed E-state index contributed by atoms with van der Waals surface area (Å²) >= 11 is 0. The SMILES string of the molecule is CC(C)N(C(=O)Cn1c(-c2ccoc2)c(C2CCCCC2)c2ccc(C(=O)O)cc21)C(C)C. The summed E-state index contributed by atoms with van der Waals surface area (Å²) in [4.78, 5) is 27.2. The van der Waals surface area contributed by atoms with Crippen LogP contribution in [0.25, 0.3) is 22.2 Å². The first kappa shape index (κ1) is 23.1. The van der Waals surface area contributed by atoms with E-state index >= 15 is 0 Å². The van der Waals surface area contributed by atoms with Crippen LogP contribution in [0.4, 0.5) is 0 Å². The van der Waals surface area contributed by atoms with Crippen LogP contribution in [0.1, 0.15) is 81.6 Å². The first-order valence-corrected chi connectivity index (χ1v) is 12.0. The number of carboxylic acid groups (broad SMARTS) is 1. The van der Waals surface area contributed by atoms with Gasteiger partial charge in [0.15, 0.2) is 0 Å². The number of fused-ring (bicyclic) bond motifs is 1. The maximum atomic E-state index is 13.5. The molecule has 1 aliphatic carbocycles. The summed E-state index contributed by atoms with van der Waals surface area (Å²) in [5.41, 5.74) is 4.15. The Kier molecular flexibility index (Phi) is 6.63. The fraction of sp³-hybridized carbons (Fsp3) is 0.481. The molecule has 0 aliphatic heterocycles. The highest BCUT2D eigenvalue weighted by atomic mass is 16.4. The van der Waals surface area contributed by atoms with Gasteiger partial charge in [0, 0.05) is 23.0 Å². The number of nitrogens with zero attached hydrogens (tertiary/aromatic N) is 2. The zero-order chi connectivity index (χ0) is 23.7. The second kappa shape index (κ2) is 9.46. The van der Waals surface area contributed by atoms with Crippen LogP contribution in [0.15, 0.2) is 41.2 Å². The highest BCUT2D eigenvalue weighted by Crippen LogP contribution is 2.44. The molecular weight excluding hydrogens is 416 g/mol. The number of aromatic carboxylic acids is 1. The average Bonchev–Trinajstić information content (AvgIpc) is 3.40. The smallest absolute Gasteiger partial charge is 0.335 e. The maximum absolute atomic E-state index is 13.5. The predicted molar refractivity (Wildman–Crippen MR) is 130 cm³/mol. The van der Waals surface area contributed by atoms with Gasteiger partial charge in [0.25, 0.3) is 0 Å².